The maximum Gasteiger partial charge on any atom is 0.321 e. The van der Waals surface area contributed by atoms with Crippen LogP contribution in [0.1, 0.15) is 17.3 Å². The van der Waals surface area contributed by atoms with E-state index in [1.807, 2.05) is 0 Å². The molecule has 1 saturated heterocycles. The normalized spacial score (nSPS) is 15.4. The summed E-state index contributed by atoms with van der Waals surface area (Å²) < 4.78 is 13.8. The predicted molar refractivity (Wildman–Crippen MR) is 76.3 cm³/mol. The third-order valence-corrected chi connectivity index (χ3v) is 3.35. The Morgan fingerprint density at radius 1 is 1.50 bits per heavy atom. The molecule has 7 nitrogen and oxygen atoms in total. The molecule has 0 bridgehead atoms. The van der Waals surface area contributed by atoms with Crippen molar-refractivity contribution in [2.45, 2.75) is 6.92 Å². The van der Waals surface area contributed by atoms with Gasteiger partial charge in [-0.05, 0) is 18.2 Å². The molecule has 2 rings (SSSR count). The average Bonchev–Trinajstić information content (AvgIpc) is 2.91. The molecule has 1 aromatic carbocycles. The van der Waals surface area contributed by atoms with Crippen molar-refractivity contribution in [2.75, 3.05) is 24.5 Å². The number of carbonyl (C=O) groups excluding carboxylic acids is 2. The van der Waals surface area contributed by atoms with E-state index in [1.165, 1.54) is 24.0 Å². The Morgan fingerprint density at radius 2 is 2.23 bits per heavy atom. The molecule has 3 amide bonds. The third-order valence-electron chi connectivity index (χ3n) is 3.35. The maximum absolute atomic E-state index is 13.8. The van der Waals surface area contributed by atoms with Crippen molar-refractivity contribution in [3.8, 4) is 0 Å². The predicted octanol–water partition coefficient (Wildman–Crippen LogP) is 0.806. The van der Waals surface area contributed by atoms with Crippen LogP contribution in [0.15, 0.2) is 18.2 Å². The molecule has 1 heterocycles. The van der Waals surface area contributed by atoms with E-state index >= 15 is 0 Å². The van der Waals surface area contributed by atoms with Crippen LogP contribution in [-0.2, 0) is 4.79 Å². The van der Waals surface area contributed by atoms with E-state index in [1.54, 1.807) is 0 Å². The smallest absolute Gasteiger partial charge is 0.321 e. The number of amides is 3. The van der Waals surface area contributed by atoms with Crippen LogP contribution in [-0.4, -0.2) is 42.6 Å². The number of hydrogen-bond acceptors (Lipinski definition) is 3. The van der Waals surface area contributed by atoms with Gasteiger partial charge >= 0.3 is 12.0 Å². The average molecular weight is 309 g/mol. The highest BCUT2D eigenvalue weighted by atomic mass is 19.1. The highest BCUT2D eigenvalue weighted by molar-refractivity contribution is 5.98. The fourth-order valence-electron chi connectivity index (χ4n) is 2.00. The van der Waals surface area contributed by atoms with Crippen molar-refractivity contribution in [1.82, 2.24) is 10.6 Å². The Kier molecular flexibility index (Phi) is 4.59. The molecule has 1 atom stereocenters. The zero-order chi connectivity index (χ0) is 16.3. The SMILES string of the molecule is C[C@H](CNC(=O)c1cc(N2CCNC2=O)ccc1F)C(=O)O. The van der Waals surface area contributed by atoms with Crippen molar-refractivity contribution in [3.05, 3.63) is 29.6 Å². The fraction of sp³-hybridized carbons (Fsp3) is 0.357. The summed E-state index contributed by atoms with van der Waals surface area (Å²) in [7, 11) is 0. The van der Waals surface area contributed by atoms with Gasteiger partial charge in [-0.15, -0.1) is 0 Å². The van der Waals surface area contributed by atoms with Crippen molar-refractivity contribution in [1.29, 1.82) is 0 Å². The number of nitrogens with zero attached hydrogens (tertiary/aromatic N) is 1. The Morgan fingerprint density at radius 3 is 2.82 bits per heavy atom. The first-order valence-corrected chi connectivity index (χ1v) is 6.76. The summed E-state index contributed by atoms with van der Waals surface area (Å²) in [5.41, 5.74) is 0.183. The number of carboxylic acid groups (broad SMARTS) is 1. The zero-order valence-electron chi connectivity index (χ0n) is 11.9. The molecule has 3 N–H and O–H groups in total. The molecular formula is C14H16FN3O4. The number of benzene rings is 1. The number of anilines is 1. The molecule has 118 valence electrons. The summed E-state index contributed by atoms with van der Waals surface area (Å²) >= 11 is 0. The fourth-order valence-corrected chi connectivity index (χ4v) is 2.00. The van der Waals surface area contributed by atoms with Crippen LogP contribution in [0.3, 0.4) is 0 Å². The second-order valence-corrected chi connectivity index (χ2v) is 5.00. The summed E-state index contributed by atoms with van der Waals surface area (Å²) in [6.45, 7) is 2.24. The van der Waals surface area contributed by atoms with Crippen molar-refractivity contribution in [2.24, 2.45) is 5.92 Å². The molecule has 0 saturated carbocycles. The summed E-state index contributed by atoms with van der Waals surface area (Å²) in [6, 6.07) is 3.49. The molecule has 1 fully saturated rings. The minimum Gasteiger partial charge on any atom is -0.481 e. The van der Waals surface area contributed by atoms with Crippen LogP contribution in [0.25, 0.3) is 0 Å². The van der Waals surface area contributed by atoms with Gasteiger partial charge in [-0.25, -0.2) is 9.18 Å². The number of carbonyl (C=O) groups is 3. The van der Waals surface area contributed by atoms with E-state index in [0.29, 0.717) is 18.8 Å². The standard InChI is InChI=1S/C14H16FN3O4/c1-8(13(20)21)7-17-12(19)10-6-9(2-3-11(10)15)18-5-4-16-14(18)22/h2-3,6,8H,4-5,7H2,1H3,(H,16,22)(H,17,19)(H,20,21)/t8-/m1/s1. The van der Waals surface area contributed by atoms with Gasteiger partial charge in [0, 0.05) is 25.3 Å². The quantitative estimate of drug-likeness (QED) is 0.749. The maximum atomic E-state index is 13.8. The number of rotatable bonds is 5. The lowest BCUT2D eigenvalue weighted by Crippen LogP contribution is -2.32. The van der Waals surface area contributed by atoms with Crippen LogP contribution < -0.4 is 15.5 Å². The molecule has 1 aromatic rings. The number of urea groups is 1. The van der Waals surface area contributed by atoms with E-state index in [0.717, 1.165) is 6.07 Å². The third kappa shape index (κ3) is 3.33. The van der Waals surface area contributed by atoms with Gasteiger partial charge < -0.3 is 15.7 Å². The lowest BCUT2D eigenvalue weighted by atomic mass is 10.1. The highest BCUT2D eigenvalue weighted by Crippen LogP contribution is 2.20. The van der Waals surface area contributed by atoms with Gasteiger partial charge in [-0.2, -0.15) is 0 Å². The van der Waals surface area contributed by atoms with Gasteiger partial charge in [0.15, 0.2) is 0 Å². The second-order valence-electron chi connectivity index (χ2n) is 5.00. The van der Waals surface area contributed by atoms with E-state index in [-0.39, 0.29) is 18.1 Å². The van der Waals surface area contributed by atoms with Gasteiger partial charge in [0.1, 0.15) is 5.82 Å². The largest absolute Gasteiger partial charge is 0.481 e. The first-order valence-electron chi connectivity index (χ1n) is 6.76. The molecule has 22 heavy (non-hydrogen) atoms. The van der Waals surface area contributed by atoms with E-state index in [4.69, 9.17) is 5.11 Å². The first-order chi connectivity index (χ1) is 10.4. The number of halogens is 1. The Hall–Kier alpha value is -2.64. The molecule has 0 aliphatic carbocycles. The van der Waals surface area contributed by atoms with Gasteiger partial charge in [0.2, 0.25) is 0 Å². The van der Waals surface area contributed by atoms with Crippen LogP contribution in [0.4, 0.5) is 14.9 Å². The van der Waals surface area contributed by atoms with Crippen molar-refractivity contribution < 1.29 is 23.9 Å². The van der Waals surface area contributed by atoms with E-state index in [2.05, 4.69) is 10.6 Å². The molecule has 0 spiro atoms. The number of nitrogens with one attached hydrogen (secondary N) is 2. The van der Waals surface area contributed by atoms with Crippen molar-refractivity contribution >= 4 is 23.6 Å². The number of carboxylic acids is 1. The van der Waals surface area contributed by atoms with Crippen LogP contribution >= 0.6 is 0 Å². The summed E-state index contributed by atoms with van der Waals surface area (Å²) in [4.78, 5) is 35.7. The molecule has 1 aliphatic heterocycles. The number of hydrogen-bond donors (Lipinski definition) is 3. The Balaban J connectivity index is 2.14. The molecule has 0 radical (unpaired) electrons. The summed E-state index contributed by atoms with van der Waals surface area (Å²) in [6.07, 6.45) is 0. The molecule has 0 aromatic heterocycles. The lowest BCUT2D eigenvalue weighted by molar-refractivity contribution is -0.140. The number of aliphatic carboxylic acids is 1. The van der Waals surface area contributed by atoms with Crippen LogP contribution in [0.5, 0.6) is 0 Å². The van der Waals surface area contributed by atoms with Crippen molar-refractivity contribution in [3.63, 3.8) is 0 Å². The molecule has 8 heteroatoms. The zero-order valence-corrected chi connectivity index (χ0v) is 11.9. The minimum absolute atomic E-state index is 0.109. The first kappa shape index (κ1) is 15.7. The van der Waals surface area contributed by atoms with Gasteiger partial charge in [0.05, 0.1) is 11.5 Å². The van der Waals surface area contributed by atoms with Gasteiger partial charge in [-0.3, -0.25) is 14.5 Å². The minimum atomic E-state index is -1.05. The van der Waals surface area contributed by atoms with Gasteiger partial charge in [-0.1, -0.05) is 6.92 Å². The topological polar surface area (TPSA) is 98.7 Å². The molecule has 1 aliphatic rings. The van der Waals surface area contributed by atoms with Crippen LogP contribution in [0.2, 0.25) is 0 Å². The lowest BCUT2D eigenvalue weighted by Gasteiger charge is -2.16. The highest BCUT2D eigenvalue weighted by Gasteiger charge is 2.23. The Labute approximate surface area is 126 Å². The monoisotopic (exact) mass is 309 g/mol. The Bertz CT molecular complexity index is 620. The van der Waals surface area contributed by atoms with E-state index < -0.39 is 23.6 Å². The summed E-state index contributed by atoms with van der Waals surface area (Å²) in [5.74, 6) is -3.28. The molecule has 0 unspecified atom stereocenters. The van der Waals surface area contributed by atoms with Crippen LogP contribution in [0, 0.1) is 11.7 Å². The van der Waals surface area contributed by atoms with E-state index in [9.17, 15) is 18.8 Å². The molecular weight excluding hydrogens is 293 g/mol. The van der Waals surface area contributed by atoms with Gasteiger partial charge in [0.25, 0.3) is 5.91 Å². The summed E-state index contributed by atoms with van der Waals surface area (Å²) in [5, 5.41) is 13.7. The second kappa shape index (κ2) is 6.42.